The zero-order valence-corrected chi connectivity index (χ0v) is 14.1. The van der Waals surface area contributed by atoms with Crippen LogP contribution < -0.4 is 10.6 Å². The van der Waals surface area contributed by atoms with Gasteiger partial charge in [-0.05, 0) is 37.8 Å². The maximum absolute atomic E-state index is 12.8. The molecule has 2 atom stereocenters. The number of anilines is 1. The van der Waals surface area contributed by atoms with Gasteiger partial charge in [0.05, 0.1) is 0 Å². The van der Waals surface area contributed by atoms with Crippen LogP contribution in [0.15, 0.2) is 24.3 Å². The number of urea groups is 1. The number of imide groups is 1. The van der Waals surface area contributed by atoms with E-state index in [9.17, 15) is 14.4 Å². The molecule has 0 bridgehead atoms. The molecule has 0 aromatic heterocycles. The Balaban J connectivity index is 1.68. The van der Waals surface area contributed by atoms with Crippen molar-refractivity contribution in [3.05, 3.63) is 29.8 Å². The molecule has 0 radical (unpaired) electrons. The van der Waals surface area contributed by atoms with E-state index in [-0.39, 0.29) is 24.3 Å². The van der Waals surface area contributed by atoms with Crippen molar-refractivity contribution in [2.75, 3.05) is 11.9 Å². The molecule has 6 heteroatoms. The van der Waals surface area contributed by atoms with Crippen LogP contribution in [0.5, 0.6) is 0 Å². The predicted octanol–water partition coefficient (Wildman–Crippen LogP) is 2.43. The maximum Gasteiger partial charge on any atom is 0.325 e. The second kappa shape index (κ2) is 6.26. The third kappa shape index (κ3) is 2.88. The molecule has 1 saturated carbocycles. The zero-order valence-electron chi connectivity index (χ0n) is 14.1. The molecule has 1 heterocycles. The summed E-state index contributed by atoms with van der Waals surface area (Å²) in [7, 11) is 0. The molecule has 128 valence electrons. The molecule has 2 fully saturated rings. The fourth-order valence-electron chi connectivity index (χ4n) is 3.62. The lowest BCUT2D eigenvalue weighted by Crippen LogP contribution is -2.54. The van der Waals surface area contributed by atoms with Crippen molar-refractivity contribution >= 4 is 23.5 Å². The van der Waals surface area contributed by atoms with Gasteiger partial charge >= 0.3 is 6.03 Å². The quantitative estimate of drug-likeness (QED) is 0.836. The molecule has 4 amide bonds. The predicted molar refractivity (Wildman–Crippen MR) is 90.4 cm³/mol. The highest BCUT2D eigenvalue weighted by molar-refractivity contribution is 6.10. The van der Waals surface area contributed by atoms with Crippen LogP contribution in [-0.4, -0.2) is 34.8 Å². The van der Waals surface area contributed by atoms with Crippen LogP contribution in [0.3, 0.4) is 0 Å². The fraction of sp³-hybridized carbons (Fsp3) is 0.500. The summed E-state index contributed by atoms with van der Waals surface area (Å²) >= 11 is 0. The lowest BCUT2D eigenvalue weighted by Gasteiger charge is -2.36. The molecule has 1 aromatic rings. The smallest absolute Gasteiger partial charge is 0.325 e. The Labute approximate surface area is 141 Å². The van der Waals surface area contributed by atoms with Gasteiger partial charge in [-0.25, -0.2) is 4.79 Å². The largest absolute Gasteiger partial charge is 0.325 e. The number of carbonyl (C=O) groups is 3. The lowest BCUT2D eigenvalue weighted by atomic mass is 9.73. The van der Waals surface area contributed by atoms with Gasteiger partial charge in [0, 0.05) is 5.69 Å². The molecular weight excluding hydrogens is 306 g/mol. The molecule has 3 rings (SSSR count). The number of hydrogen-bond donors (Lipinski definition) is 2. The van der Waals surface area contributed by atoms with Crippen molar-refractivity contribution in [2.45, 2.75) is 45.1 Å². The number of hydrogen-bond acceptors (Lipinski definition) is 3. The molecule has 1 aliphatic heterocycles. The summed E-state index contributed by atoms with van der Waals surface area (Å²) in [6.07, 6.45) is 3.55. The Morgan fingerprint density at radius 1 is 1.29 bits per heavy atom. The number of rotatable bonds is 3. The van der Waals surface area contributed by atoms with E-state index in [1.54, 1.807) is 12.1 Å². The maximum atomic E-state index is 12.8. The number of aryl methyl sites for hydroxylation is 1. The van der Waals surface area contributed by atoms with E-state index in [1.807, 2.05) is 26.0 Å². The van der Waals surface area contributed by atoms with Crippen molar-refractivity contribution in [3.8, 4) is 0 Å². The Kier molecular flexibility index (Phi) is 4.30. The highest BCUT2D eigenvalue weighted by Crippen LogP contribution is 2.38. The summed E-state index contributed by atoms with van der Waals surface area (Å²) in [6.45, 7) is 3.70. The van der Waals surface area contributed by atoms with E-state index >= 15 is 0 Å². The van der Waals surface area contributed by atoms with Gasteiger partial charge in [-0.1, -0.05) is 37.5 Å². The summed E-state index contributed by atoms with van der Waals surface area (Å²) < 4.78 is 0. The van der Waals surface area contributed by atoms with E-state index in [0.29, 0.717) is 12.1 Å². The lowest BCUT2D eigenvalue weighted by molar-refractivity contribution is -0.136. The number of nitrogens with one attached hydrogen (secondary N) is 2. The van der Waals surface area contributed by atoms with Crippen LogP contribution in [0.25, 0.3) is 0 Å². The van der Waals surface area contributed by atoms with Crippen LogP contribution in [0, 0.1) is 12.8 Å². The zero-order chi connectivity index (χ0) is 17.3. The third-order valence-electron chi connectivity index (χ3n) is 5.14. The molecule has 1 aliphatic carbocycles. The Bertz CT molecular complexity index is 671. The fourth-order valence-corrected chi connectivity index (χ4v) is 3.62. The standard InChI is InChI=1S/C18H23N3O3/c1-12-6-8-14(9-7-12)19-15(22)11-21-16(23)18(20-17(21)24)10-4-3-5-13(18)2/h6-9,13H,3-5,10-11H2,1-2H3,(H,19,22)(H,20,24)/t13-,18-/m1/s1. The molecule has 1 saturated heterocycles. The van der Waals surface area contributed by atoms with Gasteiger partial charge < -0.3 is 10.6 Å². The summed E-state index contributed by atoms with van der Waals surface area (Å²) in [5.74, 6) is -0.547. The molecule has 1 spiro atoms. The van der Waals surface area contributed by atoms with Crippen LogP contribution in [0.4, 0.5) is 10.5 Å². The van der Waals surface area contributed by atoms with E-state index in [1.165, 1.54) is 0 Å². The number of benzene rings is 1. The molecule has 24 heavy (non-hydrogen) atoms. The van der Waals surface area contributed by atoms with E-state index < -0.39 is 11.6 Å². The Hall–Kier alpha value is -2.37. The van der Waals surface area contributed by atoms with Gasteiger partial charge in [0.1, 0.15) is 12.1 Å². The van der Waals surface area contributed by atoms with E-state index in [0.717, 1.165) is 29.7 Å². The van der Waals surface area contributed by atoms with Crippen molar-refractivity contribution < 1.29 is 14.4 Å². The average molecular weight is 329 g/mol. The normalized spacial score (nSPS) is 26.6. The minimum Gasteiger partial charge on any atom is -0.325 e. The van der Waals surface area contributed by atoms with Crippen molar-refractivity contribution in [2.24, 2.45) is 5.92 Å². The van der Waals surface area contributed by atoms with Gasteiger partial charge in [-0.3, -0.25) is 14.5 Å². The Morgan fingerprint density at radius 3 is 2.67 bits per heavy atom. The van der Waals surface area contributed by atoms with Crippen molar-refractivity contribution in [1.82, 2.24) is 10.2 Å². The molecule has 1 aromatic carbocycles. The van der Waals surface area contributed by atoms with Crippen molar-refractivity contribution in [1.29, 1.82) is 0 Å². The van der Waals surface area contributed by atoms with E-state index in [2.05, 4.69) is 10.6 Å². The van der Waals surface area contributed by atoms with Crippen LogP contribution in [-0.2, 0) is 9.59 Å². The average Bonchev–Trinajstić information content (AvgIpc) is 2.78. The molecule has 6 nitrogen and oxygen atoms in total. The summed E-state index contributed by atoms with van der Waals surface area (Å²) in [5.41, 5.74) is 0.924. The molecule has 2 aliphatic rings. The SMILES string of the molecule is Cc1ccc(NC(=O)CN2C(=O)N[C@@]3(CCCC[C@H]3C)C2=O)cc1. The monoisotopic (exact) mass is 329 g/mol. The van der Waals surface area contributed by atoms with Crippen LogP contribution in [0.1, 0.15) is 38.2 Å². The van der Waals surface area contributed by atoms with Gasteiger partial charge in [0.2, 0.25) is 5.91 Å². The highest BCUT2D eigenvalue weighted by atomic mass is 16.2. The number of carbonyl (C=O) groups excluding carboxylic acids is 3. The van der Waals surface area contributed by atoms with Gasteiger partial charge in [0.15, 0.2) is 0 Å². The minimum absolute atomic E-state index is 0.0906. The first-order valence-corrected chi connectivity index (χ1v) is 8.43. The minimum atomic E-state index is -0.820. The van der Waals surface area contributed by atoms with Crippen molar-refractivity contribution in [3.63, 3.8) is 0 Å². The number of nitrogens with zero attached hydrogens (tertiary/aromatic N) is 1. The van der Waals surface area contributed by atoms with Gasteiger partial charge in [-0.2, -0.15) is 0 Å². The third-order valence-corrected chi connectivity index (χ3v) is 5.14. The second-order valence-corrected chi connectivity index (χ2v) is 6.85. The van der Waals surface area contributed by atoms with Crippen LogP contribution >= 0.6 is 0 Å². The summed E-state index contributed by atoms with van der Waals surface area (Å²) in [6, 6.07) is 6.91. The summed E-state index contributed by atoms with van der Waals surface area (Å²) in [5, 5.41) is 5.58. The number of amides is 4. The van der Waals surface area contributed by atoms with Gasteiger partial charge in [0.25, 0.3) is 5.91 Å². The van der Waals surface area contributed by atoms with E-state index in [4.69, 9.17) is 0 Å². The first kappa shape index (κ1) is 16.5. The highest BCUT2D eigenvalue weighted by Gasteiger charge is 2.55. The molecular formula is C18H23N3O3. The first-order chi connectivity index (χ1) is 11.4. The molecule has 2 N–H and O–H groups in total. The molecule has 0 unspecified atom stereocenters. The Morgan fingerprint density at radius 2 is 2.00 bits per heavy atom. The van der Waals surface area contributed by atoms with Gasteiger partial charge in [-0.15, -0.1) is 0 Å². The topological polar surface area (TPSA) is 78.5 Å². The first-order valence-electron chi connectivity index (χ1n) is 8.43. The summed E-state index contributed by atoms with van der Waals surface area (Å²) in [4.78, 5) is 38.3. The second-order valence-electron chi connectivity index (χ2n) is 6.85. The van der Waals surface area contributed by atoms with Crippen LogP contribution in [0.2, 0.25) is 0 Å².